The highest BCUT2D eigenvalue weighted by Gasteiger charge is 2.15. The zero-order chi connectivity index (χ0) is 16.8. The molecule has 5 nitrogen and oxygen atoms in total. The molecule has 0 aliphatic rings. The van der Waals surface area contributed by atoms with E-state index in [4.69, 9.17) is 5.26 Å². The number of nitrogens with zero attached hydrogens (tertiary/aromatic N) is 5. The number of hydrogen-bond donors (Lipinski definition) is 0. The zero-order valence-electron chi connectivity index (χ0n) is 13.3. The summed E-state index contributed by atoms with van der Waals surface area (Å²) in [7, 11) is 0. The van der Waals surface area contributed by atoms with Gasteiger partial charge in [-0.05, 0) is 24.6 Å². The lowest BCUT2D eigenvalue weighted by Gasteiger charge is -2.10. The van der Waals surface area contributed by atoms with Gasteiger partial charge in [0.2, 0.25) is 0 Å². The fourth-order valence-corrected chi connectivity index (χ4v) is 3.13. The van der Waals surface area contributed by atoms with Gasteiger partial charge in [-0.3, -0.25) is 9.55 Å². The molecular weight excluding hydrogens is 318 g/mol. The summed E-state index contributed by atoms with van der Waals surface area (Å²) in [4.78, 5) is 4.17. The van der Waals surface area contributed by atoms with Crippen LogP contribution in [-0.2, 0) is 6.54 Å². The van der Waals surface area contributed by atoms with E-state index in [0.717, 1.165) is 16.5 Å². The first-order valence-corrected chi connectivity index (χ1v) is 8.66. The van der Waals surface area contributed by atoms with Crippen molar-refractivity contribution in [3.05, 3.63) is 60.4 Å². The van der Waals surface area contributed by atoms with Crippen molar-refractivity contribution >= 4 is 11.8 Å². The van der Waals surface area contributed by atoms with E-state index in [9.17, 15) is 0 Å². The summed E-state index contributed by atoms with van der Waals surface area (Å²) < 4.78 is 2.08. The third-order valence-corrected chi connectivity index (χ3v) is 4.73. The van der Waals surface area contributed by atoms with Crippen molar-refractivity contribution in [2.45, 2.75) is 18.6 Å². The molecule has 0 amide bonds. The molecule has 0 spiro atoms. The van der Waals surface area contributed by atoms with Crippen molar-refractivity contribution in [2.24, 2.45) is 5.92 Å². The van der Waals surface area contributed by atoms with E-state index in [0.29, 0.717) is 12.3 Å². The summed E-state index contributed by atoms with van der Waals surface area (Å²) >= 11 is 1.56. The van der Waals surface area contributed by atoms with Crippen LogP contribution in [-0.4, -0.2) is 25.5 Å². The SMILES string of the molecule is C[C@H](C#N)CSc1nnc(-c2cccnc2)n1Cc1ccccc1. The van der Waals surface area contributed by atoms with Crippen LogP contribution in [0.2, 0.25) is 0 Å². The van der Waals surface area contributed by atoms with Gasteiger partial charge in [0.15, 0.2) is 11.0 Å². The molecule has 2 aromatic heterocycles. The quantitative estimate of drug-likeness (QED) is 0.643. The largest absolute Gasteiger partial charge is 0.298 e. The molecule has 0 fully saturated rings. The van der Waals surface area contributed by atoms with Gasteiger partial charge in [-0.15, -0.1) is 10.2 Å². The highest BCUT2D eigenvalue weighted by Crippen LogP contribution is 2.25. The smallest absolute Gasteiger partial charge is 0.191 e. The Labute approximate surface area is 145 Å². The number of nitriles is 1. The van der Waals surface area contributed by atoms with Gasteiger partial charge in [0, 0.05) is 23.7 Å². The molecule has 120 valence electrons. The van der Waals surface area contributed by atoms with Crippen molar-refractivity contribution in [3.8, 4) is 17.5 Å². The third-order valence-electron chi connectivity index (χ3n) is 3.50. The van der Waals surface area contributed by atoms with E-state index in [-0.39, 0.29) is 5.92 Å². The van der Waals surface area contributed by atoms with E-state index in [1.807, 2.05) is 37.3 Å². The number of pyridine rings is 1. The van der Waals surface area contributed by atoms with Crippen LogP contribution in [0.3, 0.4) is 0 Å². The summed E-state index contributed by atoms with van der Waals surface area (Å²) in [6, 6.07) is 16.3. The molecule has 0 bridgehead atoms. The van der Waals surface area contributed by atoms with Crippen LogP contribution in [0.5, 0.6) is 0 Å². The average molecular weight is 335 g/mol. The van der Waals surface area contributed by atoms with Crippen LogP contribution >= 0.6 is 11.8 Å². The van der Waals surface area contributed by atoms with Crippen LogP contribution in [0.1, 0.15) is 12.5 Å². The van der Waals surface area contributed by atoms with Crippen molar-refractivity contribution in [1.29, 1.82) is 5.26 Å². The Morgan fingerprint density at radius 2 is 2.00 bits per heavy atom. The fourth-order valence-electron chi connectivity index (χ4n) is 2.25. The molecule has 0 saturated heterocycles. The molecule has 0 aliphatic heterocycles. The van der Waals surface area contributed by atoms with E-state index >= 15 is 0 Å². The van der Waals surface area contributed by atoms with E-state index in [2.05, 4.69) is 38.0 Å². The van der Waals surface area contributed by atoms with Crippen molar-refractivity contribution in [1.82, 2.24) is 19.7 Å². The van der Waals surface area contributed by atoms with E-state index in [1.54, 1.807) is 24.2 Å². The second-order valence-corrected chi connectivity index (χ2v) is 6.45. The second kappa shape index (κ2) is 7.75. The third kappa shape index (κ3) is 3.81. The highest BCUT2D eigenvalue weighted by atomic mass is 32.2. The molecule has 24 heavy (non-hydrogen) atoms. The molecule has 0 aliphatic carbocycles. The maximum absolute atomic E-state index is 8.99. The summed E-state index contributed by atoms with van der Waals surface area (Å²) in [5.74, 6) is 1.45. The molecule has 2 heterocycles. The molecule has 1 aromatic carbocycles. The maximum Gasteiger partial charge on any atom is 0.191 e. The van der Waals surface area contributed by atoms with Crippen LogP contribution in [0.4, 0.5) is 0 Å². The normalized spacial score (nSPS) is 11.8. The first-order chi connectivity index (χ1) is 11.8. The van der Waals surface area contributed by atoms with Gasteiger partial charge in [0.25, 0.3) is 0 Å². The minimum absolute atomic E-state index is 0.0290. The molecular formula is C18H17N5S. The molecule has 6 heteroatoms. The first-order valence-electron chi connectivity index (χ1n) is 7.68. The second-order valence-electron chi connectivity index (χ2n) is 5.46. The molecule has 0 radical (unpaired) electrons. The Morgan fingerprint density at radius 3 is 2.71 bits per heavy atom. The predicted molar refractivity (Wildman–Crippen MR) is 94.3 cm³/mol. The van der Waals surface area contributed by atoms with Crippen molar-refractivity contribution in [2.75, 3.05) is 5.75 Å². The molecule has 0 unspecified atom stereocenters. The lowest BCUT2D eigenvalue weighted by atomic mass is 10.2. The highest BCUT2D eigenvalue weighted by molar-refractivity contribution is 7.99. The number of benzene rings is 1. The minimum atomic E-state index is -0.0290. The van der Waals surface area contributed by atoms with Gasteiger partial charge in [-0.1, -0.05) is 42.1 Å². The Bertz CT molecular complexity index is 824. The Balaban J connectivity index is 1.94. The first kappa shape index (κ1) is 16.2. The van der Waals surface area contributed by atoms with Crippen LogP contribution in [0.15, 0.2) is 60.0 Å². The van der Waals surface area contributed by atoms with E-state index in [1.165, 1.54) is 5.56 Å². The fraction of sp³-hybridized carbons (Fsp3) is 0.222. The lowest BCUT2D eigenvalue weighted by Crippen LogP contribution is -2.05. The number of aromatic nitrogens is 4. The lowest BCUT2D eigenvalue weighted by molar-refractivity contribution is 0.712. The van der Waals surface area contributed by atoms with Gasteiger partial charge >= 0.3 is 0 Å². The standard InChI is InChI=1S/C18H17N5S/c1-14(10-19)13-24-18-22-21-17(16-8-5-9-20-11-16)23(18)12-15-6-3-2-4-7-15/h2-9,11,14H,12-13H2,1H3/t14-/m1/s1. The molecule has 0 N–H and O–H groups in total. The van der Waals surface area contributed by atoms with Crippen LogP contribution in [0.25, 0.3) is 11.4 Å². The monoisotopic (exact) mass is 335 g/mol. The van der Waals surface area contributed by atoms with Gasteiger partial charge in [0.1, 0.15) is 0 Å². The molecule has 0 saturated carbocycles. The maximum atomic E-state index is 8.99. The molecule has 3 aromatic rings. The van der Waals surface area contributed by atoms with Gasteiger partial charge < -0.3 is 0 Å². The number of thioether (sulfide) groups is 1. The predicted octanol–water partition coefficient (Wildman–Crippen LogP) is 3.64. The van der Waals surface area contributed by atoms with Gasteiger partial charge in [-0.2, -0.15) is 5.26 Å². The Hall–Kier alpha value is -2.65. The Morgan fingerprint density at radius 1 is 1.17 bits per heavy atom. The van der Waals surface area contributed by atoms with Crippen molar-refractivity contribution in [3.63, 3.8) is 0 Å². The topological polar surface area (TPSA) is 67.4 Å². The van der Waals surface area contributed by atoms with Gasteiger partial charge in [-0.25, -0.2) is 0 Å². The minimum Gasteiger partial charge on any atom is -0.298 e. The van der Waals surface area contributed by atoms with Crippen molar-refractivity contribution < 1.29 is 0 Å². The van der Waals surface area contributed by atoms with Crippen LogP contribution in [0, 0.1) is 17.2 Å². The number of rotatable bonds is 6. The molecule has 3 rings (SSSR count). The summed E-state index contributed by atoms with van der Waals surface area (Å²) in [5, 5.41) is 18.5. The van der Waals surface area contributed by atoms with Gasteiger partial charge in [0.05, 0.1) is 18.5 Å². The molecule has 1 atom stereocenters. The van der Waals surface area contributed by atoms with Crippen LogP contribution < -0.4 is 0 Å². The number of hydrogen-bond acceptors (Lipinski definition) is 5. The summed E-state index contributed by atoms with van der Waals surface area (Å²) in [6.07, 6.45) is 3.53. The zero-order valence-corrected chi connectivity index (χ0v) is 14.1. The summed E-state index contributed by atoms with van der Waals surface area (Å²) in [6.45, 7) is 2.59. The van der Waals surface area contributed by atoms with E-state index < -0.39 is 0 Å². The summed E-state index contributed by atoms with van der Waals surface area (Å²) in [5.41, 5.74) is 2.11. The average Bonchev–Trinajstić information content (AvgIpc) is 3.04. The Kier molecular flexibility index (Phi) is 5.24.